The second-order valence-electron chi connectivity index (χ2n) is 4.86. The smallest absolute Gasteiger partial charge is 0.175 e. The topological polar surface area (TPSA) is 75.9 Å². The SMILES string of the molecule is Cc1nc(Nc2cc(C)on2)cc(Nc2c(F)cccc2F)n1. The van der Waals surface area contributed by atoms with Crippen LogP contribution in [-0.2, 0) is 0 Å². The zero-order valence-electron chi connectivity index (χ0n) is 12.4. The van der Waals surface area contributed by atoms with Gasteiger partial charge in [-0.25, -0.2) is 18.7 Å². The summed E-state index contributed by atoms with van der Waals surface area (Å²) in [5, 5.41) is 9.36. The van der Waals surface area contributed by atoms with E-state index in [1.54, 1.807) is 19.9 Å². The molecular weight excluding hydrogens is 304 g/mol. The summed E-state index contributed by atoms with van der Waals surface area (Å²) in [6, 6.07) is 6.83. The van der Waals surface area contributed by atoms with Crippen LogP contribution in [0.15, 0.2) is 34.9 Å². The summed E-state index contributed by atoms with van der Waals surface area (Å²) in [6.07, 6.45) is 0. The highest BCUT2D eigenvalue weighted by molar-refractivity contribution is 5.62. The summed E-state index contributed by atoms with van der Waals surface area (Å²) in [5.74, 6) is 0.809. The first-order valence-electron chi connectivity index (χ1n) is 6.78. The average Bonchev–Trinajstić information content (AvgIpc) is 2.88. The Labute approximate surface area is 130 Å². The Bertz CT molecular complexity index is 829. The van der Waals surface area contributed by atoms with E-state index in [2.05, 4.69) is 25.8 Å². The van der Waals surface area contributed by atoms with Crippen molar-refractivity contribution in [3.05, 3.63) is 53.6 Å². The van der Waals surface area contributed by atoms with Gasteiger partial charge in [0.15, 0.2) is 5.82 Å². The molecule has 0 aliphatic carbocycles. The molecular formula is C15H13F2N5O. The van der Waals surface area contributed by atoms with Crippen molar-refractivity contribution < 1.29 is 13.3 Å². The molecule has 3 aromatic rings. The Balaban J connectivity index is 1.88. The molecule has 23 heavy (non-hydrogen) atoms. The first kappa shape index (κ1) is 14.9. The van der Waals surface area contributed by atoms with Gasteiger partial charge in [0.2, 0.25) is 0 Å². The minimum absolute atomic E-state index is 0.254. The third kappa shape index (κ3) is 3.42. The van der Waals surface area contributed by atoms with Gasteiger partial charge in [0.1, 0.15) is 40.5 Å². The van der Waals surface area contributed by atoms with Crippen LogP contribution in [0.25, 0.3) is 0 Å². The lowest BCUT2D eigenvalue weighted by Crippen LogP contribution is -2.03. The lowest BCUT2D eigenvalue weighted by atomic mass is 10.3. The van der Waals surface area contributed by atoms with E-state index in [1.807, 2.05) is 0 Å². The molecule has 0 unspecified atom stereocenters. The second-order valence-corrected chi connectivity index (χ2v) is 4.86. The third-order valence-electron chi connectivity index (χ3n) is 2.94. The summed E-state index contributed by atoms with van der Waals surface area (Å²) in [4.78, 5) is 8.31. The van der Waals surface area contributed by atoms with Gasteiger partial charge < -0.3 is 15.2 Å². The van der Waals surface area contributed by atoms with Crippen molar-refractivity contribution in [2.75, 3.05) is 10.6 Å². The van der Waals surface area contributed by atoms with Crippen LogP contribution in [0.4, 0.5) is 31.9 Å². The molecule has 1 aromatic carbocycles. The Morgan fingerprint density at radius 1 is 0.913 bits per heavy atom. The number of anilines is 4. The molecule has 118 valence electrons. The summed E-state index contributed by atoms with van der Waals surface area (Å²) in [7, 11) is 0. The predicted molar refractivity (Wildman–Crippen MR) is 80.9 cm³/mol. The maximum absolute atomic E-state index is 13.7. The van der Waals surface area contributed by atoms with E-state index in [0.29, 0.717) is 23.2 Å². The number of para-hydroxylation sites is 1. The first-order chi connectivity index (χ1) is 11.0. The molecule has 6 nitrogen and oxygen atoms in total. The molecule has 2 aromatic heterocycles. The Morgan fingerprint density at radius 3 is 2.17 bits per heavy atom. The van der Waals surface area contributed by atoms with Gasteiger partial charge in [-0.15, -0.1) is 0 Å². The Kier molecular flexibility index (Phi) is 3.88. The molecule has 2 N–H and O–H groups in total. The fourth-order valence-electron chi connectivity index (χ4n) is 2.00. The van der Waals surface area contributed by atoms with E-state index in [-0.39, 0.29) is 11.5 Å². The lowest BCUT2D eigenvalue weighted by Gasteiger charge is -2.10. The van der Waals surface area contributed by atoms with E-state index >= 15 is 0 Å². The van der Waals surface area contributed by atoms with Gasteiger partial charge in [0.05, 0.1) is 0 Å². The van der Waals surface area contributed by atoms with Crippen molar-refractivity contribution in [2.45, 2.75) is 13.8 Å². The molecule has 2 heterocycles. The fraction of sp³-hybridized carbons (Fsp3) is 0.133. The lowest BCUT2D eigenvalue weighted by molar-refractivity contribution is 0.400. The zero-order valence-corrected chi connectivity index (χ0v) is 12.4. The molecule has 0 saturated carbocycles. The maximum atomic E-state index is 13.7. The van der Waals surface area contributed by atoms with Gasteiger partial charge in [-0.3, -0.25) is 0 Å². The zero-order chi connectivity index (χ0) is 16.4. The highest BCUT2D eigenvalue weighted by Gasteiger charge is 2.11. The van der Waals surface area contributed by atoms with Gasteiger partial charge in [-0.05, 0) is 26.0 Å². The van der Waals surface area contributed by atoms with E-state index in [9.17, 15) is 8.78 Å². The van der Waals surface area contributed by atoms with Crippen molar-refractivity contribution in [3.8, 4) is 0 Å². The summed E-state index contributed by atoms with van der Waals surface area (Å²) < 4.78 is 32.4. The van der Waals surface area contributed by atoms with Crippen LogP contribution >= 0.6 is 0 Å². The van der Waals surface area contributed by atoms with Gasteiger partial charge >= 0.3 is 0 Å². The number of hydrogen-bond acceptors (Lipinski definition) is 6. The van der Waals surface area contributed by atoms with E-state index in [4.69, 9.17) is 4.52 Å². The molecule has 0 fully saturated rings. The van der Waals surface area contributed by atoms with Crippen LogP contribution in [0.2, 0.25) is 0 Å². The standard InChI is InChI=1S/C15H13F2N5O/c1-8-6-14(22-23-8)20-12-7-13(19-9(2)18-12)21-15-10(16)4-3-5-11(15)17/h3-7H,1-2H3,(H2,18,19,20,21,22). The minimum Gasteiger partial charge on any atom is -0.360 e. The molecule has 0 radical (unpaired) electrons. The molecule has 8 heteroatoms. The molecule has 0 atom stereocenters. The normalized spacial score (nSPS) is 10.6. The predicted octanol–water partition coefficient (Wildman–Crippen LogP) is 3.85. The number of halogens is 2. The second kappa shape index (κ2) is 5.99. The number of aromatic nitrogens is 3. The first-order valence-corrected chi connectivity index (χ1v) is 6.78. The van der Waals surface area contributed by atoms with Crippen molar-refractivity contribution in [1.29, 1.82) is 0 Å². The monoisotopic (exact) mass is 317 g/mol. The quantitative estimate of drug-likeness (QED) is 0.761. The Morgan fingerprint density at radius 2 is 1.57 bits per heavy atom. The van der Waals surface area contributed by atoms with Gasteiger partial charge in [0, 0.05) is 12.1 Å². The number of nitrogens with one attached hydrogen (secondary N) is 2. The molecule has 0 aliphatic heterocycles. The summed E-state index contributed by atoms with van der Waals surface area (Å²) >= 11 is 0. The van der Waals surface area contributed by atoms with Crippen LogP contribution in [0.3, 0.4) is 0 Å². The van der Waals surface area contributed by atoms with E-state index in [0.717, 1.165) is 12.1 Å². The van der Waals surface area contributed by atoms with Crippen LogP contribution in [-0.4, -0.2) is 15.1 Å². The molecule has 0 saturated heterocycles. The molecule has 0 amide bonds. The number of nitrogens with zero attached hydrogens (tertiary/aromatic N) is 3. The number of hydrogen-bond donors (Lipinski definition) is 2. The van der Waals surface area contributed by atoms with Crippen molar-refractivity contribution >= 4 is 23.1 Å². The van der Waals surface area contributed by atoms with Crippen molar-refractivity contribution in [2.24, 2.45) is 0 Å². The molecule has 3 rings (SSSR count). The van der Waals surface area contributed by atoms with Crippen LogP contribution in [0.5, 0.6) is 0 Å². The third-order valence-corrected chi connectivity index (χ3v) is 2.94. The van der Waals surface area contributed by atoms with Crippen LogP contribution in [0.1, 0.15) is 11.6 Å². The largest absolute Gasteiger partial charge is 0.360 e. The number of aryl methyl sites for hydroxylation is 2. The average molecular weight is 317 g/mol. The van der Waals surface area contributed by atoms with Gasteiger partial charge in [-0.1, -0.05) is 11.2 Å². The van der Waals surface area contributed by atoms with Crippen molar-refractivity contribution in [3.63, 3.8) is 0 Å². The summed E-state index contributed by atoms with van der Waals surface area (Å²) in [6.45, 7) is 3.43. The molecule has 0 aliphatic rings. The Hall–Kier alpha value is -3.03. The minimum atomic E-state index is -0.706. The maximum Gasteiger partial charge on any atom is 0.175 e. The number of benzene rings is 1. The van der Waals surface area contributed by atoms with Crippen molar-refractivity contribution in [1.82, 2.24) is 15.1 Å². The van der Waals surface area contributed by atoms with Crippen LogP contribution in [0, 0.1) is 25.5 Å². The highest BCUT2D eigenvalue weighted by Crippen LogP contribution is 2.24. The van der Waals surface area contributed by atoms with E-state index in [1.165, 1.54) is 12.1 Å². The van der Waals surface area contributed by atoms with Crippen LogP contribution < -0.4 is 10.6 Å². The molecule has 0 bridgehead atoms. The fourth-order valence-corrected chi connectivity index (χ4v) is 2.00. The number of rotatable bonds is 4. The van der Waals surface area contributed by atoms with E-state index < -0.39 is 11.6 Å². The van der Waals surface area contributed by atoms with Gasteiger partial charge in [-0.2, -0.15) is 0 Å². The van der Waals surface area contributed by atoms with Gasteiger partial charge in [0.25, 0.3) is 0 Å². The highest BCUT2D eigenvalue weighted by atomic mass is 19.1. The molecule has 0 spiro atoms. The summed E-state index contributed by atoms with van der Waals surface area (Å²) in [5.41, 5.74) is -0.270.